The molecule has 142 valence electrons. The Balaban J connectivity index is 1.91. The van der Waals surface area contributed by atoms with Crippen molar-refractivity contribution in [3.63, 3.8) is 0 Å². The number of H-pyrrole nitrogens is 1. The van der Waals surface area contributed by atoms with E-state index in [1.807, 2.05) is 24.3 Å². The first-order valence-corrected chi connectivity index (χ1v) is 9.62. The van der Waals surface area contributed by atoms with Crippen LogP contribution >= 0.6 is 0 Å². The number of rotatable bonds is 4. The molecule has 0 atom stereocenters. The first-order valence-electron chi connectivity index (χ1n) is 9.62. The van der Waals surface area contributed by atoms with Crippen molar-refractivity contribution in [2.24, 2.45) is 0 Å². The molecular formula is C26H21NO2. The molecule has 0 aliphatic carbocycles. The zero-order chi connectivity index (χ0) is 19.8. The average Bonchev–Trinajstić information content (AvgIpc) is 3.17. The predicted octanol–water partition coefficient (Wildman–Crippen LogP) is 6.67. The fourth-order valence-corrected chi connectivity index (χ4v) is 4.12. The third-order valence-electron chi connectivity index (χ3n) is 5.44. The van der Waals surface area contributed by atoms with Crippen LogP contribution in [0, 0.1) is 0 Å². The van der Waals surface area contributed by atoms with Gasteiger partial charge in [0.05, 0.1) is 25.3 Å². The van der Waals surface area contributed by atoms with Crippen molar-refractivity contribution in [3.8, 4) is 33.8 Å². The summed E-state index contributed by atoms with van der Waals surface area (Å²) in [5.74, 6) is 1.70. The van der Waals surface area contributed by atoms with E-state index in [4.69, 9.17) is 9.47 Å². The summed E-state index contributed by atoms with van der Waals surface area (Å²) in [5.41, 5.74) is 6.51. The largest absolute Gasteiger partial charge is 0.496 e. The third kappa shape index (κ3) is 2.74. The summed E-state index contributed by atoms with van der Waals surface area (Å²) >= 11 is 0. The van der Waals surface area contributed by atoms with Gasteiger partial charge in [-0.1, -0.05) is 60.7 Å². The fourth-order valence-electron chi connectivity index (χ4n) is 4.12. The van der Waals surface area contributed by atoms with Gasteiger partial charge in [-0.25, -0.2) is 0 Å². The quantitative estimate of drug-likeness (QED) is 0.378. The molecule has 3 nitrogen and oxygen atoms in total. The molecule has 0 spiro atoms. The highest BCUT2D eigenvalue weighted by atomic mass is 16.5. The second kappa shape index (κ2) is 7.02. The number of methoxy groups -OCH3 is 2. The van der Waals surface area contributed by atoms with E-state index in [0.717, 1.165) is 44.8 Å². The Kier molecular flexibility index (Phi) is 4.21. The van der Waals surface area contributed by atoms with Gasteiger partial charge < -0.3 is 14.5 Å². The topological polar surface area (TPSA) is 34.2 Å². The van der Waals surface area contributed by atoms with Crippen LogP contribution in [0.15, 0.2) is 84.9 Å². The summed E-state index contributed by atoms with van der Waals surface area (Å²) in [6.45, 7) is 0. The number of benzene rings is 4. The van der Waals surface area contributed by atoms with E-state index in [-0.39, 0.29) is 0 Å². The number of aromatic nitrogens is 1. The molecule has 1 N–H and O–H groups in total. The van der Waals surface area contributed by atoms with Gasteiger partial charge in [-0.3, -0.25) is 0 Å². The maximum absolute atomic E-state index is 5.72. The maximum Gasteiger partial charge on any atom is 0.128 e. The Labute approximate surface area is 169 Å². The molecule has 0 aliphatic heterocycles. The van der Waals surface area contributed by atoms with Crippen LogP contribution in [0.4, 0.5) is 0 Å². The third-order valence-corrected chi connectivity index (χ3v) is 5.44. The standard InChI is InChI=1S/C26H21NO2/c1-28-21-15-13-19-20-14-16-22(29-2)24(18-11-7-4-8-12-18)26(20)27-25(19)23(21)17-9-5-3-6-10-17/h3-16,27H,1-2H3. The highest BCUT2D eigenvalue weighted by molar-refractivity contribution is 6.17. The van der Waals surface area contributed by atoms with Crippen molar-refractivity contribution in [2.45, 2.75) is 0 Å². The van der Waals surface area contributed by atoms with E-state index in [1.165, 1.54) is 10.8 Å². The molecule has 0 amide bonds. The summed E-state index contributed by atoms with van der Waals surface area (Å²) in [6, 6.07) is 29.0. The zero-order valence-corrected chi connectivity index (χ0v) is 16.4. The van der Waals surface area contributed by atoms with E-state index in [2.05, 4.69) is 65.6 Å². The summed E-state index contributed by atoms with van der Waals surface area (Å²) < 4.78 is 11.4. The van der Waals surface area contributed by atoms with Gasteiger partial charge in [0.25, 0.3) is 0 Å². The van der Waals surface area contributed by atoms with Crippen LogP contribution in [0.25, 0.3) is 44.1 Å². The molecule has 4 aromatic carbocycles. The SMILES string of the molecule is COc1ccc2c([nH]c3c(-c4ccccc4)c(OC)ccc32)c1-c1ccccc1. The molecule has 5 aromatic rings. The second-order valence-electron chi connectivity index (χ2n) is 6.99. The molecule has 0 fully saturated rings. The van der Waals surface area contributed by atoms with E-state index < -0.39 is 0 Å². The summed E-state index contributed by atoms with van der Waals surface area (Å²) in [7, 11) is 3.43. The lowest BCUT2D eigenvalue weighted by Crippen LogP contribution is -1.89. The van der Waals surface area contributed by atoms with Crippen molar-refractivity contribution in [1.29, 1.82) is 0 Å². The van der Waals surface area contributed by atoms with Crippen LogP contribution in [-0.4, -0.2) is 19.2 Å². The average molecular weight is 379 g/mol. The van der Waals surface area contributed by atoms with Gasteiger partial charge >= 0.3 is 0 Å². The van der Waals surface area contributed by atoms with Gasteiger partial charge in [-0.05, 0) is 35.4 Å². The van der Waals surface area contributed by atoms with Crippen LogP contribution in [0.3, 0.4) is 0 Å². The molecule has 3 heteroatoms. The minimum atomic E-state index is 0.850. The van der Waals surface area contributed by atoms with Crippen LogP contribution in [0.2, 0.25) is 0 Å². The lowest BCUT2D eigenvalue weighted by molar-refractivity contribution is 0.417. The van der Waals surface area contributed by atoms with Gasteiger partial charge in [0.1, 0.15) is 11.5 Å². The Morgan fingerprint density at radius 2 is 0.931 bits per heavy atom. The van der Waals surface area contributed by atoms with Crippen molar-refractivity contribution in [1.82, 2.24) is 4.98 Å². The van der Waals surface area contributed by atoms with E-state index >= 15 is 0 Å². The molecule has 0 saturated carbocycles. The normalized spacial score (nSPS) is 11.1. The van der Waals surface area contributed by atoms with Crippen molar-refractivity contribution >= 4 is 21.8 Å². The first-order chi connectivity index (χ1) is 14.3. The molecule has 0 aliphatic rings. The molecule has 1 aromatic heterocycles. The van der Waals surface area contributed by atoms with Crippen LogP contribution in [-0.2, 0) is 0 Å². The predicted molar refractivity (Wildman–Crippen MR) is 120 cm³/mol. The fraction of sp³-hybridized carbons (Fsp3) is 0.0769. The number of nitrogens with one attached hydrogen (secondary N) is 1. The van der Waals surface area contributed by atoms with Gasteiger partial charge in [0, 0.05) is 21.9 Å². The van der Waals surface area contributed by atoms with E-state index in [1.54, 1.807) is 14.2 Å². The van der Waals surface area contributed by atoms with E-state index in [9.17, 15) is 0 Å². The summed E-state index contributed by atoms with van der Waals surface area (Å²) in [5, 5.41) is 2.33. The highest BCUT2D eigenvalue weighted by Crippen LogP contribution is 2.44. The first kappa shape index (κ1) is 17.4. The number of hydrogen-bond donors (Lipinski definition) is 1. The Hall–Kier alpha value is -3.72. The van der Waals surface area contributed by atoms with Gasteiger partial charge in [-0.2, -0.15) is 0 Å². The van der Waals surface area contributed by atoms with Gasteiger partial charge in [0.2, 0.25) is 0 Å². The highest BCUT2D eigenvalue weighted by Gasteiger charge is 2.19. The van der Waals surface area contributed by atoms with Gasteiger partial charge in [-0.15, -0.1) is 0 Å². The Morgan fingerprint density at radius 3 is 1.31 bits per heavy atom. The minimum Gasteiger partial charge on any atom is -0.496 e. The number of fused-ring (bicyclic) bond motifs is 3. The Bertz CT molecular complexity index is 1200. The van der Waals surface area contributed by atoms with E-state index in [0.29, 0.717) is 0 Å². The summed E-state index contributed by atoms with van der Waals surface area (Å²) in [4.78, 5) is 3.70. The zero-order valence-electron chi connectivity index (χ0n) is 16.4. The maximum atomic E-state index is 5.72. The molecule has 29 heavy (non-hydrogen) atoms. The Morgan fingerprint density at radius 1 is 0.517 bits per heavy atom. The molecule has 0 radical (unpaired) electrons. The molecular weight excluding hydrogens is 358 g/mol. The number of ether oxygens (including phenoxy) is 2. The number of hydrogen-bond acceptors (Lipinski definition) is 2. The smallest absolute Gasteiger partial charge is 0.128 e. The summed E-state index contributed by atoms with van der Waals surface area (Å²) in [6.07, 6.45) is 0. The number of aromatic amines is 1. The van der Waals surface area contributed by atoms with Crippen molar-refractivity contribution < 1.29 is 9.47 Å². The van der Waals surface area contributed by atoms with Crippen molar-refractivity contribution in [2.75, 3.05) is 14.2 Å². The van der Waals surface area contributed by atoms with Crippen LogP contribution in [0.5, 0.6) is 11.5 Å². The lowest BCUT2D eigenvalue weighted by Gasteiger charge is -2.10. The van der Waals surface area contributed by atoms with Crippen molar-refractivity contribution in [3.05, 3.63) is 84.9 Å². The minimum absolute atomic E-state index is 0.850. The molecule has 0 unspecified atom stereocenters. The van der Waals surface area contributed by atoms with Crippen LogP contribution in [0.1, 0.15) is 0 Å². The van der Waals surface area contributed by atoms with Crippen LogP contribution < -0.4 is 9.47 Å². The monoisotopic (exact) mass is 379 g/mol. The molecule has 0 bridgehead atoms. The second-order valence-corrected chi connectivity index (χ2v) is 6.99. The molecule has 0 saturated heterocycles. The molecule has 5 rings (SSSR count). The molecule has 1 heterocycles. The lowest BCUT2D eigenvalue weighted by atomic mass is 9.99. The van der Waals surface area contributed by atoms with Gasteiger partial charge in [0.15, 0.2) is 0 Å².